The van der Waals surface area contributed by atoms with Crippen molar-refractivity contribution >= 4 is 11.6 Å². The van der Waals surface area contributed by atoms with E-state index in [-0.39, 0.29) is 23.6 Å². The summed E-state index contributed by atoms with van der Waals surface area (Å²) in [5.74, 6) is -0.223. The number of amides is 1. The van der Waals surface area contributed by atoms with Crippen LogP contribution < -0.4 is 5.32 Å². The van der Waals surface area contributed by atoms with E-state index < -0.39 is 4.92 Å². The normalized spacial score (nSPS) is 11.3. The van der Waals surface area contributed by atoms with Gasteiger partial charge >= 0.3 is 5.69 Å². The Morgan fingerprint density at radius 1 is 1.29 bits per heavy atom. The SMILES string of the molecule is CC(C)(C)c1ccc(CCNC(=O)Cn2cc([N+](=O)[O-])cn2)cc1. The van der Waals surface area contributed by atoms with Crippen LogP contribution in [0.5, 0.6) is 0 Å². The average Bonchev–Trinajstić information content (AvgIpc) is 2.95. The summed E-state index contributed by atoms with van der Waals surface area (Å²) in [7, 11) is 0. The van der Waals surface area contributed by atoms with E-state index in [2.05, 4.69) is 55.5 Å². The van der Waals surface area contributed by atoms with E-state index in [0.717, 1.165) is 18.2 Å². The Balaban J connectivity index is 1.78. The molecule has 7 nitrogen and oxygen atoms in total. The van der Waals surface area contributed by atoms with Gasteiger partial charge in [0, 0.05) is 6.54 Å². The second-order valence-electron chi connectivity index (χ2n) is 6.70. The molecule has 0 spiro atoms. The molecule has 0 saturated heterocycles. The Morgan fingerprint density at radius 3 is 2.50 bits per heavy atom. The molecule has 128 valence electrons. The van der Waals surface area contributed by atoms with Crippen molar-refractivity contribution in [3.05, 3.63) is 57.9 Å². The molecule has 1 amide bonds. The number of rotatable bonds is 6. The largest absolute Gasteiger partial charge is 0.354 e. The molecule has 0 saturated carbocycles. The predicted molar refractivity (Wildman–Crippen MR) is 90.7 cm³/mol. The number of nitrogens with one attached hydrogen (secondary N) is 1. The van der Waals surface area contributed by atoms with Crippen LogP contribution in [0.25, 0.3) is 0 Å². The van der Waals surface area contributed by atoms with Crippen molar-refractivity contribution in [3.63, 3.8) is 0 Å². The van der Waals surface area contributed by atoms with Gasteiger partial charge in [-0.3, -0.25) is 19.6 Å². The minimum Gasteiger partial charge on any atom is -0.354 e. The first-order valence-corrected chi connectivity index (χ1v) is 7.78. The van der Waals surface area contributed by atoms with Crippen LogP contribution in [-0.4, -0.2) is 27.2 Å². The molecule has 24 heavy (non-hydrogen) atoms. The molecule has 0 unspecified atom stereocenters. The van der Waals surface area contributed by atoms with Gasteiger partial charge in [-0.15, -0.1) is 0 Å². The van der Waals surface area contributed by atoms with Crippen LogP contribution in [0.4, 0.5) is 5.69 Å². The molecule has 0 aliphatic carbocycles. The molecule has 1 heterocycles. The maximum Gasteiger partial charge on any atom is 0.307 e. The van der Waals surface area contributed by atoms with E-state index in [9.17, 15) is 14.9 Å². The molecule has 1 aromatic heterocycles. The summed E-state index contributed by atoms with van der Waals surface area (Å²) in [6.45, 7) is 6.99. The molecule has 2 aromatic rings. The quantitative estimate of drug-likeness (QED) is 0.650. The first-order valence-electron chi connectivity index (χ1n) is 7.78. The van der Waals surface area contributed by atoms with Crippen molar-refractivity contribution in [2.24, 2.45) is 0 Å². The summed E-state index contributed by atoms with van der Waals surface area (Å²) >= 11 is 0. The van der Waals surface area contributed by atoms with E-state index >= 15 is 0 Å². The zero-order chi connectivity index (χ0) is 17.7. The molecule has 0 bridgehead atoms. The van der Waals surface area contributed by atoms with Crippen molar-refractivity contribution in [2.45, 2.75) is 39.2 Å². The number of benzene rings is 1. The number of carbonyl (C=O) groups excluding carboxylic acids is 1. The Morgan fingerprint density at radius 2 is 1.96 bits per heavy atom. The van der Waals surface area contributed by atoms with Gasteiger partial charge < -0.3 is 5.32 Å². The third kappa shape index (κ3) is 4.91. The van der Waals surface area contributed by atoms with Gasteiger partial charge in [0.15, 0.2) is 0 Å². The second kappa shape index (κ2) is 7.25. The van der Waals surface area contributed by atoms with Crippen molar-refractivity contribution in [3.8, 4) is 0 Å². The van der Waals surface area contributed by atoms with E-state index in [1.54, 1.807) is 0 Å². The van der Waals surface area contributed by atoms with Crippen LogP contribution in [0.2, 0.25) is 0 Å². The first kappa shape index (κ1) is 17.7. The van der Waals surface area contributed by atoms with Crippen LogP contribution in [0.15, 0.2) is 36.7 Å². The van der Waals surface area contributed by atoms with Gasteiger partial charge in [0.25, 0.3) is 0 Å². The Labute approximate surface area is 140 Å². The number of nitrogens with zero attached hydrogens (tertiary/aromatic N) is 3. The molecule has 2 rings (SSSR count). The third-order valence-electron chi connectivity index (χ3n) is 3.69. The number of carbonyl (C=O) groups is 1. The molecule has 1 N–H and O–H groups in total. The molecule has 0 aliphatic heterocycles. The van der Waals surface area contributed by atoms with Gasteiger partial charge in [0.1, 0.15) is 18.9 Å². The maximum absolute atomic E-state index is 11.8. The van der Waals surface area contributed by atoms with Crippen LogP contribution >= 0.6 is 0 Å². The average molecular weight is 330 g/mol. The topological polar surface area (TPSA) is 90.1 Å². The highest BCUT2D eigenvalue weighted by molar-refractivity contribution is 5.75. The molecule has 0 aliphatic rings. The van der Waals surface area contributed by atoms with Crippen molar-refractivity contribution in [2.75, 3.05) is 6.54 Å². The Kier molecular flexibility index (Phi) is 5.33. The summed E-state index contributed by atoms with van der Waals surface area (Å²) in [5, 5.41) is 17.2. The first-order chi connectivity index (χ1) is 11.3. The van der Waals surface area contributed by atoms with Crippen LogP contribution in [0.3, 0.4) is 0 Å². The molecule has 7 heteroatoms. The molecule has 0 fully saturated rings. The highest BCUT2D eigenvalue weighted by Crippen LogP contribution is 2.22. The van der Waals surface area contributed by atoms with Gasteiger partial charge in [0.2, 0.25) is 5.91 Å². The van der Waals surface area contributed by atoms with E-state index in [1.165, 1.54) is 16.4 Å². The molecule has 1 aromatic carbocycles. The van der Waals surface area contributed by atoms with Gasteiger partial charge in [0.05, 0.1) is 4.92 Å². The lowest BCUT2D eigenvalue weighted by Crippen LogP contribution is -2.29. The van der Waals surface area contributed by atoms with Crippen LogP contribution in [0, 0.1) is 10.1 Å². The van der Waals surface area contributed by atoms with Crippen LogP contribution in [-0.2, 0) is 23.2 Å². The smallest absolute Gasteiger partial charge is 0.307 e. The number of hydrogen-bond donors (Lipinski definition) is 1. The Hall–Kier alpha value is -2.70. The van der Waals surface area contributed by atoms with Crippen molar-refractivity contribution < 1.29 is 9.72 Å². The minimum absolute atomic E-state index is 0.0310. The summed E-state index contributed by atoms with van der Waals surface area (Å²) in [5.41, 5.74) is 2.43. The monoisotopic (exact) mass is 330 g/mol. The van der Waals surface area contributed by atoms with Gasteiger partial charge in [-0.2, -0.15) is 5.10 Å². The number of nitro groups is 1. The Bertz CT molecular complexity index is 714. The molecular formula is C17H22N4O3. The summed E-state index contributed by atoms with van der Waals surface area (Å²) in [6.07, 6.45) is 3.10. The summed E-state index contributed by atoms with van der Waals surface area (Å²) < 4.78 is 1.26. The van der Waals surface area contributed by atoms with E-state index in [1.807, 2.05) is 0 Å². The predicted octanol–water partition coefficient (Wildman–Crippen LogP) is 2.45. The lowest BCUT2D eigenvalue weighted by atomic mass is 9.86. The second-order valence-corrected chi connectivity index (χ2v) is 6.70. The highest BCUT2D eigenvalue weighted by atomic mass is 16.6. The zero-order valence-corrected chi connectivity index (χ0v) is 14.2. The maximum atomic E-state index is 11.8. The standard InChI is InChI=1S/C17H22N4O3/c1-17(2,3)14-6-4-13(5-7-14)8-9-18-16(22)12-20-11-15(10-19-20)21(23)24/h4-7,10-11H,8-9,12H2,1-3H3,(H,18,22). The van der Waals surface area contributed by atoms with Gasteiger partial charge in [-0.25, -0.2) is 0 Å². The summed E-state index contributed by atoms with van der Waals surface area (Å²) in [4.78, 5) is 21.9. The third-order valence-corrected chi connectivity index (χ3v) is 3.69. The fourth-order valence-electron chi connectivity index (χ4n) is 2.25. The van der Waals surface area contributed by atoms with E-state index in [0.29, 0.717) is 6.54 Å². The highest BCUT2D eigenvalue weighted by Gasteiger charge is 2.13. The van der Waals surface area contributed by atoms with E-state index in [4.69, 9.17) is 0 Å². The van der Waals surface area contributed by atoms with Crippen LogP contribution in [0.1, 0.15) is 31.9 Å². The number of aromatic nitrogens is 2. The van der Waals surface area contributed by atoms with Crippen molar-refractivity contribution in [1.82, 2.24) is 15.1 Å². The zero-order valence-electron chi connectivity index (χ0n) is 14.2. The fourth-order valence-corrected chi connectivity index (χ4v) is 2.25. The van der Waals surface area contributed by atoms with Crippen molar-refractivity contribution in [1.29, 1.82) is 0 Å². The lowest BCUT2D eigenvalue weighted by Gasteiger charge is -2.19. The van der Waals surface area contributed by atoms with Gasteiger partial charge in [-0.05, 0) is 23.0 Å². The number of hydrogen-bond acceptors (Lipinski definition) is 4. The fraction of sp³-hybridized carbons (Fsp3) is 0.412. The molecule has 0 radical (unpaired) electrons. The molecule has 0 atom stereocenters. The summed E-state index contributed by atoms with van der Waals surface area (Å²) in [6, 6.07) is 8.37. The molecular weight excluding hydrogens is 308 g/mol. The van der Waals surface area contributed by atoms with Gasteiger partial charge in [-0.1, -0.05) is 45.0 Å². The minimum atomic E-state index is -0.539. The lowest BCUT2D eigenvalue weighted by molar-refractivity contribution is -0.385.